The zero-order valence-corrected chi connectivity index (χ0v) is 16.1. The van der Waals surface area contributed by atoms with Gasteiger partial charge in [0.05, 0.1) is 6.61 Å². The van der Waals surface area contributed by atoms with E-state index in [0.717, 1.165) is 19.3 Å². The zero-order chi connectivity index (χ0) is 18.2. The Bertz CT molecular complexity index is 393. The predicted molar refractivity (Wildman–Crippen MR) is 102 cm³/mol. The van der Waals surface area contributed by atoms with Crippen molar-refractivity contribution < 1.29 is 14.3 Å². The zero-order valence-electron chi connectivity index (χ0n) is 16.1. The highest BCUT2D eigenvalue weighted by molar-refractivity contribution is 5.87. The summed E-state index contributed by atoms with van der Waals surface area (Å²) in [5.74, 6) is -0.324. The molecule has 4 nitrogen and oxygen atoms in total. The van der Waals surface area contributed by atoms with E-state index in [1.54, 1.807) is 0 Å². The van der Waals surface area contributed by atoms with E-state index in [4.69, 9.17) is 4.74 Å². The van der Waals surface area contributed by atoms with Crippen LogP contribution in [0.2, 0.25) is 0 Å². The van der Waals surface area contributed by atoms with Crippen molar-refractivity contribution in [2.24, 2.45) is 0 Å². The first-order chi connectivity index (χ1) is 12.2. The van der Waals surface area contributed by atoms with Gasteiger partial charge in [-0.1, -0.05) is 64.0 Å². The maximum atomic E-state index is 11.7. The van der Waals surface area contributed by atoms with Crippen LogP contribution in [0.4, 0.5) is 0 Å². The van der Waals surface area contributed by atoms with E-state index in [1.165, 1.54) is 57.8 Å². The molecule has 144 valence electrons. The summed E-state index contributed by atoms with van der Waals surface area (Å²) in [6.45, 7) is 2.73. The number of amides is 1. The Labute approximate surface area is 153 Å². The summed E-state index contributed by atoms with van der Waals surface area (Å²) in [6, 6.07) is -0.413. The summed E-state index contributed by atoms with van der Waals surface area (Å²) < 4.78 is 5.21. The van der Waals surface area contributed by atoms with E-state index < -0.39 is 6.04 Å². The molecule has 0 bridgehead atoms. The number of rotatable bonds is 15. The molecule has 1 saturated heterocycles. The molecule has 0 radical (unpaired) electrons. The van der Waals surface area contributed by atoms with Crippen LogP contribution in [0, 0.1) is 0 Å². The number of esters is 1. The first-order valence-corrected chi connectivity index (χ1v) is 10.3. The average molecular weight is 352 g/mol. The SMILES string of the molecule is CCCCCCCC/C=C/CCCCCCOC(=O)[C@@H]1CCC(=O)N1. The van der Waals surface area contributed by atoms with Gasteiger partial charge in [-0.3, -0.25) is 4.79 Å². The second-order valence-corrected chi connectivity index (χ2v) is 7.06. The maximum absolute atomic E-state index is 11.7. The lowest BCUT2D eigenvalue weighted by atomic mass is 10.1. The van der Waals surface area contributed by atoms with Gasteiger partial charge in [-0.05, 0) is 38.5 Å². The Kier molecular flexibility index (Phi) is 13.0. The quantitative estimate of drug-likeness (QED) is 0.255. The highest BCUT2D eigenvalue weighted by Gasteiger charge is 2.28. The van der Waals surface area contributed by atoms with E-state index in [0.29, 0.717) is 19.4 Å². The molecule has 1 rings (SSSR count). The van der Waals surface area contributed by atoms with Crippen LogP contribution in [-0.2, 0) is 14.3 Å². The van der Waals surface area contributed by atoms with Crippen molar-refractivity contribution >= 4 is 11.9 Å². The highest BCUT2D eigenvalue weighted by Crippen LogP contribution is 2.10. The third kappa shape index (κ3) is 11.8. The fourth-order valence-corrected chi connectivity index (χ4v) is 3.06. The number of hydrogen-bond acceptors (Lipinski definition) is 3. The fourth-order valence-electron chi connectivity index (χ4n) is 3.06. The van der Waals surface area contributed by atoms with E-state index in [9.17, 15) is 9.59 Å². The van der Waals surface area contributed by atoms with E-state index in [1.807, 2.05) is 0 Å². The molecule has 1 amide bonds. The molecule has 0 aliphatic carbocycles. The Hall–Kier alpha value is -1.32. The number of allylic oxidation sites excluding steroid dienone is 2. The molecule has 4 heteroatoms. The lowest BCUT2D eigenvalue weighted by molar-refractivity contribution is -0.146. The fraction of sp³-hybridized carbons (Fsp3) is 0.810. The van der Waals surface area contributed by atoms with Crippen LogP contribution >= 0.6 is 0 Å². The summed E-state index contributed by atoms with van der Waals surface area (Å²) in [6.07, 6.45) is 20.6. The lowest BCUT2D eigenvalue weighted by Gasteiger charge is -2.09. The maximum Gasteiger partial charge on any atom is 0.328 e. The smallest absolute Gasteiger partial charge is 0.328 e. The molecule has 1 atom stereocenters. The third-order valence-electron chi connectivity index (χ3n) is 4.68. The van der Waals surface area contributed by atoms with Crippen molar-refractivity contribution in [2.75, 3.05) is 6.61 Å². The van der Waals surface area contributed by atoms with Crippen LogP contribution in [0.5, 0.6) is 0 Å². The molecule has 1 heterocycles. The third-order valence-corrected chi connectivity index (χ3v) is 4.68. The number of hydrogen-bond donors (Lipinski definition) is 1. The van der Waals surface area contributed by atoms with Gasteiger partial charge < -0.3 is 10.1 Å². The van der Waals surface area contributed by atoms with Crippen LogP contribution in [0.1, 0.15) is 96.8 Å². The van der Waals surface area contributed by atoms with Gasteiger partial charge in [0.1, 0.15) is 6.04 Å². The minimum absolute atomic E-state index is 0.0495. The molecule has 25 heavy (non-hydrogen) atoms. The lowest BCUT2D eigenvalue weighted by Crippen LogP contribution is -2.34. The Morgan fingerprint density at radius 3 is 2.20 bits per heavy atom. The van der Waals surface area contributed by atoms with Crippen molar-refractivity contribution in [3.05, 3.63) is 12.2 Å². The Morgan fingerprint density at radius 1 is 1.00 bits per heavy atom. The Balaban J connectivity index is 1.80. The number of unbranched alkanes of at least 4 members (excludes halogenated alkanes) is 10. The minimum Gasteiger partial charge on any atom is -0.464 e. The van der Waals surface area contributed by atoms with Crippen LogP contribution in [0.25, 0.3) is 0 Å². The number of carbonyl (C=O) groups excluding carboxylic acids is 2. The normalized spacial score (nSPS) is 17.2. The first kappa shape index (κ1) is 21.7. The van der Waals surface area contributed by atoms with Crippen LogP contribution in [0.15, 0.2) is 12.2 Å². The molecule has 0 unspecified atom stereocenters. The molecule has 0 saturated carbocycles. The molecule has 0 aromatic heterocycles. The molecular formula is C21H37NO3. The van der Waals surface area contributed by atoms with Gasteiger partial charge in [-0.15, -0.1) is 0 Å². The summed E-state index contributed by atoms with van der Waals surface area (Å²) in [5.41, 5.74) is 0. The Morgan fingerprint density at radius 2 is 1.60 bits per heavy atom. The summed E-state index contributed by atoms with van der Waals surface area (Å²) in [7, 11) is 0. The molecule has 0 aromatic carbocycles. The predicted octanol–water partition coefficient (Wildman–Crippen LogP) is 5.07. The van der Waals surface area contributed by atoms with Gasteiger partial charge in [-0.2, -0.15) is 0 Å². The van der Waals surface area contributed by atoms with Crippen molar-refractivity contribution in [2.45, 2.75) is 103 Å². The standard InChI is InChI=1S/C21H37NO3/c1-2-3-4-5-6-7-8-9-10-11-12-13-14-15-18-25-21(24)19-16-17-20(23)22-19/h9-10,19H,2-8,11-18H2,1H3,(H,22,23)/b10-9+/t19-/m0/s1. The van der Waals surface area contributed by atoms with Crippen molar-refractivity contribution in [3.63, 3.8) is 0 Å². The molecule has 1 aliphatic heterocycles. The van der Waals surface area contributed by atoms with E-state index in [-0.39, 0.29) is 11.9 Å². The van der Waals surface area contributed by atoms with Crippen molar-refractivity contribution in [3.8, 4) is 0 Å². The van der Waals surface area contributed by atoms with Gasteiger partial charge in [0.15, 0.2) is 0 Å². The molecule has 1 aliphatic rings. The van der Waals surface area contributed by atoms with Crippen LogP contribution < -0.4 is 5.32 Å². The number of ether oxygens (including phenoxy) is 1. The van der Waals surface area contributed by atoms with Crippen molar-refractivity contribution in [1.29, 1.82) is 0 Å². The molecular weight excluding hydrogens is 314 g/mol. The van der Waals surface area contributed by atoms with Gasteiger partial charge in [0.25, 0.3) is 0 Å². The number of nitrogens with one attached hydrogen (secondary N) is 1. The second-order valence-electron chi connectivity index (χ2n) is 7.06. The van der Waals surface area contributed by atoms with Crippen molar-refractivity contribution in [1.82, 2.24) is 5.32 Å². The van der Waals surface area contributed by atoms with Gasteiger partial charge in [0.2, 0.25) is 5.91 Å². The molecule has 0 spiro atoms. The second kappa shape index (κ2) is 15.0. The highest BCUT2D eigenvalue weighted by atomic mass is 16.5. The first-order valence-electron chi connectivity index (χ1n) is 10.3. The van der Waals surface area contributed by atoms with Gasteiger partial charge in [-0.25, -0.2) is 4.79 Å². The molecule has 1 fully saturated rings. The summed E-state index contributed by atoms with van der Waals surface area (Å²) in [5, 5.41) is 2.63. The topological polar surface area (TPSA) is 55.4 Å². The molecule has 1 N–H and O–H groups in total. The van der Waals surface area contributed by atoms with Gasteiger partial charge >= 0.3 is 5.97 Å². The summed E-state index contributed by atoms with van der Waals surface area (Å²) >= 11 is 0. The largest absolute Gasteiger partial charge is 0.464 e. The van der Waals surface area contributed by atoms with Crippen LogP contribution in [0.3, 0.4) is 0 Å². The minimum atomic E-state index is -0.413. The van der Waals surface area contributed by atoms with Crippen LogP contribution in [-0.4, -0.2) is 24.5 Å². The summed E-state index contributed by atoms with van der Waals surface area (Å²) in [4.78, 5) is 22.7. The van der Waals surface area contributed by atoms with Gasteiger partial charge in [0, 0.05) is 6.42 Å². The monoisotopic (exact) mass is 351 g/mol. The van der Waals surface area contributed by atoms with E-state index in [2.05, 4.69) is 24.4 Å². The molecule has 0 aromatic rings. The average Bonchev–Trinajstić information content (AvgIpc) is 3.04. The number of carbonyl (C=O) groups is 2. The van der Waals surface area contributed by atoms with E-state index >= 15 is 0 Å².